The molecule has 0 amide bonds. The molecule has 0 saturated carbocycles. The molecule has 140 valence electrons. The van der Waals surface area contributed by atoms with E-state index in [1.165, 1.54) is 83.6 Å². The highest BCUT2D eigenvalue weighted by atomic mass is 16.4. The number of rotatable bonds is 13. The van der Waals surface area contributed by atoms with E-state index in [-0.39, 0.29) is 0 Å². The molecule has 0 aromatic carbocycles. The van der Waals surface area contributed by atoms with Crippen molar-refractivity contribution in [2.75, 3.05) is 6.54 Å². The van der Waals surface area contributed by atoms with Crippen LogP contribution in [0.25, 0.3) is 0 Å². The molecule has 1 unspecified atom stereocenters. The molecule has 3 heteroatoms. The summed E-state index contributed by atoms with van der Waals surface area (Å²) in [5, 5.41) is 8.89. The van der Waals surface area contributed by atoms with Crippen LogP contribution in [0, 0.1) is 0 Å². The Kier molecular flexibility index (Phi) is 16.0. The predicted molar refractivity (Wildman–Crippen MR) is 100 cm³/mol. The topological polar surface area (TPSA) is 44.6 Å². The van der Waals surface area contributed by atoms with Gasteiger partial charge in [0.2, 0.25) is 0 Å². The molecular formula is C21H39NO2. The van der Waals surface area contributed by atoms with E-state index in [1.54, 1.807) is 10.5 Å². The van der Waals surface area contributed by atoms with Crippen molar-refractivity contribution in [2.24, 2.45) is 0 Å². The Labute approximate surface area is 149 Å². The van der Waals surface area contributed by atoms with E-state index in [9.17, 15) is 0 Å². The van der Waals surface area contributed by atoms with Gasteiger partial charge in [0.25, 0.3) is 0 Å². The minimum atomic E-state index is -1.08. The molecule has 1 aliphatic heterocycles. The quantitative estimate of drug-likeness (QED) is 0.520. The maximum atomic E-state index is 8.89. The summed E-state index contributed by atoms with van der Waals surface area (Å²) in [6, 6.07) is 0. The average Bonchev–Trinajstić information content (AvgIpc) is 2.98. The Bertz CT molecular complexity index is 357. The highest BCUT2D eigenvalue weighted by Crippen LogP contribution is 2.10. The molecule has 1 aliphatic rings. The molecule has 1 N–H and O–H groups in total. The van der Waals surface area contributed by atoms with Gasteiger partial charge in [-0.1, -0.05) is 65.2 Å². The molecule has 0 aromatic rings. The van der Waals surface area contributed by atoms with E-state index >= 15 is 0 Å². The molecular weight excluding hydrogens is 298 g/mol. The van der Waals surface area contributed by atoms with Crippen molar-refractivity contribution in [1.29, 1.82) is 0 Å². The van der Waals surface area contributed by atoms with Crippen LogP contribution < -0.4 is 10.0 Å². The summed E-state index contributed by atoms with van der Waals surface area (Å²) in [7, 11) is 0. The molecule has 0 bridgehead atoms. The van der Waals surface area contributed by atoms with E-state index in [1.807, 2.05) is 0 Å². The third kappa shape index (κ3) is 15.8. The second kappa shape index (κ2) is 16.8. The second-order valence-corrected chi connectivity index (χ2v) is 6.80. The van der Waals surface area contributed by atoms with Crippen LogP contribution in [0.2, 0.25) is 0 Å². The van der Waals surface area contributed by atoms with Crippen LogP contribution in [0.15, 0.2) is 24.0 Å². The van der Waals surface area contributed by atoms with Gasteiger partial charge in [-0.25, -0.2) is 0 Å². The lowest BCUT2D eigenvalue weighted by atomic mass is 10.1. The van der Waals surface area contributed by atoms with Crippen molar-refractivity contribution < 1.29 is 14.8 Å². The monoisotopic (exact) mass is 337 g/mol. The third-order valence-electron chi connectivity index (χ3n) is 4.27. The standard InChI is InChI=1S/C19H35N.C2H4O2/c1-3-5-7-8-9-10-11-12-13-16-20-17-15-19(18-20)14-6-4-2;1-2(3)4/h15,17-18H,3-14,16H2,1-2H3;1H3,(H,3,4). The van der Waals surface area contributed by atoms with Crippen molar-refractivity contribution >= 4 is 5.97 Å². The molecule has 0 spiro atoms. The molecule has 0 saturated heterocycles. The zero-order chi connectivity index (χ0) is 18.0. The lowest BCUT2D eigenvalue weighted by Crippen LogP contribution is -3.01. The Morgan fingerprint density at radius 3 is 1.96 bits per heavy atom. The fourth-order valence-electron chi connectivity index (χ4n) is 2.88. The summed E-state index contributed by atoms with van der Waals surface area (Å²) in [6.07, 6.45) is 23.9. The van der Waals surface area contributed by atoms with Crippen molar-refractivity contribution in [3.8, 4) is 0 Å². The van der Waals surface area contributed by atoms with Gasteiger partial charge in [-0.2, -0.15) is 0 Å². The average molecular weight is 338 g/mol. The normalized spacial score (nSPS) is 15.8. The van der Waals surface area contributed by atoms with Crippen LogP contribution in [-0.2, 0) is 4.79 Å². The van der Waals surface area contributed by atoms with Crippen molar-refractivity contribution in [2.45, 2.75) is 97.8 Å². The number of quaternary nitrogens is 1. The highest BCUT2D eigenvalue weighted by molar-refractivity contribution is 5.60. The van der Waals surface area contributed by atoms with Crippen molar-refractivity contribution in [3.63, 3.8) is 0 Å². The first kappa shape index (κ1) is 22.9. The lowest BCUT2D eigenvalue weighted by molar-refractivity contribution is -0.788. The van der Waals surface area contributed by atoms with Crippen LogP contribution in [0.4, 0.5) is 0 Å². The number of allylic oxidation sites excluding steroid dienone is 2. The van der Waals surface area contributed by atoms with Gasteiger partial charge >= 0.3 is 0 Å². The van der Waals surface area contributed by atoms with Gasteiger partial charge < -0.3 is 9.90 Å². The molecule has 1 rings (SSSR count). The Morgan fingerprint density at radius 2 is 1.42 bits per heavy atom. The fourth-order valence-corrected chi connectivity index (χ4v) is 2.88. The number of carboxylic acid groups (broad SMARTS) is 1. The molecule has 3 nitrogen and oxygen atoms in total. The first-order valence-corrected chi connectivity index (χ1v) is 10.0. The summed E-state index contributed by atoms with van der Waals surface area (Å²) in [5.41, 5.74) is 1.55. The summed E-state index contributed by atoms with van der Waals surface area (Å²) >= 11 is 0. The van der Waals surface area contributed by atoms with Gasteiger partial charge in [-0.15, -0.1) is 0 Å². The number of unbranched alkanes of at least 4 members (excludes halogenated alkanes) is 9. The lowest BCUT2D eigenvalue weighted by Gasteiger charge is -2.06. The number of carbonyl (C=O) groups is 1. The van der Waals surface area contributed by atoms with Gasteiger partial charge in [0.05, 0.1) is 12.7 Å². The predicted octanol–water partition coefficient (Wildman–Crippen LogP) is 3.76. The second-order valence-electron chi connectivity index (χ2n) is 6.80. The summed E-state index contributed by atoms with van der Waals surface area (Å²) < 4.78 is 0. The highest BCUT2D eigenvalue weighted by Gasteiger charge is 2.09. The Balaban J connectivity index is 0.00000118. The van der Waals surface area contributed by atoms with E-state index in [0.29, 0.717) is 0 Å². The summed E-state index contributed by atoms with van der Waals surface area (Å²) in [6.45, 7) is 6.82. The largest absolute Gasteiger partial charge is 0.550 e. The number of nitrogens with one attached hydrogen (secondary N) is 1. The Morgan fingerprint density at radius 1 is 0.917 bits per heavy atom. The number of carbonyl (C=O) groups excluding carboxylic acids is 1. The van der Waals surface area contributed by atoms with Crippen LogP contribution in [0.5, 0.6) is 0 Å². The minimum absolute atomic E-state index is 0.972. The van der Waals surface area contributed by atoms with Gasteiger partial charge in [-0.3, -0.25) is 4.90 Å². The molecule has 0 aliphatic carbocycles. The molecule has 0 aromatic heterocycles. The van der Waals surface area contributed by atoms with E-state index < -0.39 is 5.97 Å². The van der Waals surface area contributed by atoms with E-state index in [0.717, 1.165) is 6.92 Å². The van der Waals surface area contributed by atoms with Crippen molar-refractivity contribution in [1.82, 2.24) is 0 Å². The van der Waals surface area contributed by atoms with E-state index in [2.05, 4.69) is 32.3 Å². The van der Waals surface area contributed by atoms with Crippen LogP contribution in [0.1, 0.15) is 97.8 Å². The van der Waals surface area contributed by atoms with Crippen LogP contribution >= 0.6 is 0 Å². The fraction of sp³-hybridized carbons (Fsp3) is 0.762. The molecule has 1 atom stereocenters. The van der Waals surface area contributed by atoms with Gasteiger partial charge in [0.15, 0.2) is 0 Å². The molecule has 1 heterocycles. The minimum Gasteiger partial charge on any atom is -0.550 e. The number of carboxylic acids is 1. The zero-order valence-electron chi connectivity index (χ0n) is 16.2. The zero-order valence-corrected chi connectivity index (χ0v) is 16.2. The summed E-state index contributed by atoms with van der Waals surface area (Å²) in [5.74, 6) is -1.08. The third-order valence-corrected chi connectivity index (χ3v) is 4.27. The number of hydrogen-bond acceptors (Lipinski definition) is 2. The first-order valence-electron chi connectivity index (χ1n) is 10.0. The van der Waals surface area contributed by atoms with Gasteiger partial charge in [0.1, 0.15) is 6.20 Å². The molecule has 0 radical (unpaired) electrons. The SMILES string of the molecule is CC(=O)[O-].CCCCCCCCCCC[NH+]1C=CC(CCCC)=C1. The Hall–Kier alpha value is -1.09. The maximum Gasteiger partial charge on any atom is 0.102 e. The molecule has 0 fully saturated rings. The van der Waals surface area contributed by atoms with Gasteiger partial charge in [-0.05, 0) is 32.6 Å². The first-order chi connectivity index (χ1) is 11.6. The number of aliphatic carboxylic acids is 1. The summed E-state index contributed by atoms with van der Waals surface area (Å²) in [4.78, 5) is 10.5. The maximum absolute atomic E-state index is 8.89. The smallest absolute Gasteiger partial charge is 0.102 e. The van der Waals surface area contributed by atoms with Crippen molar-refractivity contribution in [3.05, 3.63) is 24.0 Å². The van der Waals surface area contributed by atoms with Crippen LogP contribution in [-0.4, -0.2) is 12.5 Å². The van der Waals surface area contributed by atoms with E-state index in [4.69, 9.17) is 9.90 Å². The molecule has 24 heavy (non-hydrogen) atoms. The number of hydrogen-bond donors (Lipinski definition) is 1. The van der Waals surface area contributed by atoms with Gasteiger partial charge in [0, 0.05) is 17.6 Å². The van der Waals surface area contributed by atoms with Crippen LogP contribution in [0.3, 0.4) is 0 Å².